The quantitative estimate of drug-likeness (QED) is 0.849. The van der Waals surface area contributed by atoms with Crippen molar-refractivity contribution in [1.82, 2.24) is 4.98 Å². The molecule has 4 heteroatoms. The zero-order valence-corrected chi connectivity index (χ0v) is 15.8. The topological polar surface area (TPSA) is 51.2 Å². The molecule has 4 nitrogen and oxygen atoms in total. The maximum absolute atomic E-state index is 12.8. The van der Waals surface area contributed by atoms with E-state index in [0.717, 1.165) is 34.9 Å². The van der Waals surface area contributed by atoms with Gasteiger partial charge in [-0.3, -0.25) is 9.78 Å². The largest absolute Gasteiger partial charge is 0.497 e. The number of amides is 1. The van der Waals surface area contributed by atoms with Crippen molar-refractivity contribution in [2.45, 2.75) is 43.9 Å². The number of rotatable bonds is 4. The second-order valence-corrected chi connectivity index (χ2v) is 8.81. The fraction of sp³-hybridized carbons (Fsp3) is 0.478. The minimum atomic E-state index is -0.0754. The number of pyridine rings is 1. The normalized spacial score (nSPS) is 30.9. The summed E-state index contributed by atoms with van der Waals surface area (Å²) in [7, 11) is 1.64. The van der Waals surface area contributed by atoms with E-state index in [9.17, 15) is 4.79 Å². The second kappa shape index (κ2) is 6.36. The van der Waals surface area contributed by atoms with Crippen LogP contribution in [0, 0.1) is 17.8 Å². The van der Waals surface area contributed by atoms with Gasteiger partial charge in [0.15, 0.2) is 0 Å². The van der Waals surface area contributed by atoms with Crippen LogP contribution in [0.15, 0.2) is 42.6 Å². The molecule has 0 aliphatic heterocycles. The Morgan fingerprint density at radius 2 is 1.67 bits per heavy atom. The van der Waals surface area contributed by atoms with E-state index in [-0.39, 0.29) is 11.3 Å². The van der Waals surface area contributed by atoms with Crippen LogP contribution in [0.5, 0.6) is 5.75 Å². The number of hydrogen-bond donors (Lipinski definition) is 1. The predicted molar refractivity (Wildman–Crippen MR) is 105 cm³/mol. The number of nitrogens with zero attached hydrogens (tertiary/aromatic N) is 1. The summed E-state index contributed by atoms with van der Waals surface area (Å²) in [6.07, 6.45) is 9.84. The first-order valence-corrected chi connectivity index (χ1v) is 10.1. The molecule has 0 spiro atoms. The molecular formula is C23H26N2O2. The molecule has 27 heavy (non-hydrogen) atoms. The molecule has 1 N–H and O–H groups in total. The first kappa shape index (κ1) is 16.8. The lowest BCUT2D eigenvalue weighted by Gasteiger charge is -2.56. The molecular weight excluding hydrogens is 336 g/mol. The van der Waals surface area contributed by atoms with Crippen molar-refractivity contribution >= 4 is 11.6 Å². The number of carbonyl (C=O) groups excluding carboxylic acids is 1. The Kier molecular flexibility index (Phi) is 3.96. The van der Waals surface area contributed by atoms with Crippen LogP contribution in [0.25, 0.3) is 0 Å². The SMILES string of the molecule is COc1ccc(NC(=O)c2ccnc(C34CC5CC(CC(C5)C3)C4)c2)cc1. The molecule has 0 radical (unpaired) electrons. The van der Waals surface area contributed by atoms with Crippen LogP contribution < -0.4 is 10.1 Å². The Morgan fingerprint density at radius 3 is 2.26 bits per heavy atom. The number of ether oxygens (including phenoxy) is 1. The lowest BCUT2D eigenvalue weighted by Crippen LogP contribution is -2.49. The molecule has 1 heterocycles. The molecule has 1 aromatic carbocycles. The lowest BCUT2D eigenvalue weighted by molar-refractivity contribution is -0.00721. The summed E-state index contributed by atoms with van der Waals surface area (Å²) in [5, 5.41) is 2.99. The third kappa shape index (κ3) is 3.01. The highest BCUT2D eigenvalue weighted by Crippen LogP contribution is 2.60. The van der Waals surface area contributed by atoms with Crippen molar-refractivity contribution < 1.29 is 9.53 Å². The average molecular weight is 362 g/mol. The van der Waals surface area contributed by atoms with E-state index in [0.29, 0.717) is 5.56 Å². The second-order valence-electron chi connectivity index (χ2n) is 8.81. The fourth-order valence-corrected chi connectivity index (χ4v) is 6.16. The van der Waals surface area contributed by atoms with Crippen molar-refractivity contribution in [2.75, 3.05) is 12.4 Å². The smallest absolute Gasteiger partial charge is 0.255 e. The monoisotopic (exact) mass is 362 g/mol. The first-order valence-electron chi connectivity index (χ1n) is 10.1. The Bertz CT molecular complexity index is 824. The van der Waals surface area contributed by atoms with E-state index in [1.165, 1.54) is 38.5 Å². The number of anilines is 1. The van der Waals surface area contributed by atoms with Gasteiger partial charge in [-0.2, -0.15) is 0 Å². The number of methoxy groups -OCH3 is 1. The van der Waals surface area contributed by atoms with Crippen molar-refractivity contribution in [3.63, 3.8) is 0 Å². The maximum Gasteiger partial charge on any atom is 0.255 e. The number of carbonyl (C=O) groups is 1. The molecule has 4 aliphatic carbocycles. The minimum absolute atomic E-state index is 0.0754. The molecule has 0 saturated heterocycles. The zero-order chi connectivity index (χ0) is 18.4. The predicted octanol–water partition coefficient (Wildman–Crippen LogP) is 4.81. The molecule has 0 unspecified atom stereocenters. The standard InChI is InChI=1S/C23H26N2O2/c1-27-20-4-2-19(3-5-20)25-22(26)18-6-7-24-21(11-18)23-12-15-8-16(13-23)10-17(9-15)14-23/h2-7,11,15-17H,8-10,12-14H2,1H3,(H,25,26). The summed E-state index contributed by atoms with van der Waals surface area (Å²) in [4.78, 5) is 17.5. The molecule has 1 aromatic heterocycles. The van der Waals surface area contributed by atoms with Gasteiger partial charge in [-0.25, -0.2) is 0 Å². The van der Waals surface area contributed by atoms with Gasteiger partial charge < -0.3 is 10.1 Å². The highest BCUT2D eigenvalue weighted by atomic mass is 16.5. The number of hydrogen-bond acceptors (Lipinski definition) is 3. The molecule has 4 fully saturated rings. The van der Waals surface area contributed by atoms with Crippen LogP contribution >= 0.6 is 0 Å². The van der Waals surface area contributed by atoms with Crippen LogP contribution in [0.3, 0.4) is 0 Å². The van der Waals surface area contributed by atoms with Crippen molar-refractivity contribution in [1.29, 1.82) is 0 Å². The molecule has 4 aliphatic rings. The highest BCUT2D eigenvalue weighted by molar-refractivity contribution is 6.04. The van der Waals surface area contributed by atoms with Gasteiger partial charge in [0.05, 0.1) is 7.11 Å². The third-order valence-corrected chi connectivity index (χ3v) is 6.95. The molecule has 1 amide bonds. The van der Waals surface area contributed by atoms with Crippen molar-refractivity contribution in [3.05, 3.63) is 53.9 Å². The van der Waals surface area contributed by atoms with Gasteiger partial charge in [-0.05, 0) is 92.7 Å². The fourth-order valence-electron chi connectivity index (χ4n) is 6.16. The van der Waals surface area contributed by atoms with E-state index in [1.807, 2.05) is 42.6 Å². The molecule has 4 bridgehead atoms. The van der Waals surface area contributed by atoms with Gasteiger partial charge >= 0.3 is 0 Å². The zero-order valence-electron chi connectivity index (χ0n) is 15.8. The first-order chi connectivity index (χ1) is 13.1. The van der Waals surface area contributed by atoms with E-state index >= 15 is 0 Å². The summed E-state index contributed by atoms with van der Waals surface area (Å²) in [5.41, 5.74) is 2.83. The van der Waals surface area contributed by atoms with Crippen LogP contribution in [0.4, 0.5) is 5.69 Å². The lowest BCUT2D eigenvalue weighted by atomic mass is 9.48. The Labute approximate surface area is 160 Å². The minimum Gasteiger partial charge on any atom is -0.497 e. The Morgan fingerprint density at radius 1 is 1.04 bits per heavy atom. The van der Waals surface area contributed by atoms with Gasteiger partial charge in [0.2, 0.25) is 0 Å². The number of benzene rings is 1. The molecule has 6 rings (SSSR count). The summed E-state index contributed by atoms with van der Waals surface area (Å²) in [5.74, 6) is 3.31. The van der Waals surface area contributed by atoms with Crippen LogP contribution in [-0.2, 0) is 5.41 Å². The average Bonchev–Trinajstić information content (AvgIpc) is 2.68. The van der Waals surface area contributed by atoms with E-state index < -0.39 is 0 Å². The molecule has 0 atom stereocenters. The van der Waals surface area contributed by atoms with Crippen LogP contribution in [-0.4, -0.2) is 18.0 Å². The summed E-state index contributed by atoms with van der Waals surface area (Å²) < 4.78 is 5.17. The summed E-state index contributed by atoms with van der Waals surface area (Å²) in [6.45, 7) is 0. The van der Waals surface area contributed by atoms with Gasteiger partial charge in [0.25, 0.3) is 5.91 Å². The van der Waals surface area contributed by atoms with Gasteiger partial charge in [0.1, 0.15) is 5.75 Å². The van der Waals surface area contributed by atoms with E-state index in [2.05, 4.69) is 5.32 Å². The Hall–Kier alpha value is -2.36. The van der Waals surface area contributed by atoms with Crippen LogP contribution in [0.1, 0.15) is 54.6 Å². The number of aromatic nitrogens is 1. The van der Waals surface area contributed by atoms with Gasteiger partial charge in [0, 0.05) is 28.6 Å². The van der Waals surface area contributed by atoms with E-state index in [4.69, 9.17) is 9.72 Å². The third-order valence-electron chi connectivity index (χ3n) is 6.95. The van der Waals surface area contributed by atoms with Gasteiger partial charge in [-0.1, -0.05) is 0 Å². The molecule has 140 valence electrons. The summed E-state index contributed by atoms with van der Waals surface area (Å²) in [6, 6.07) is 11.3. The maximum atomic E-state index is 12.8. The Balaban J connectivity index is 1.38. The molecule has 2 aromatic rings. The van der Waals surface area contributed by atoms with E-state index in [1.54, 1.807) is 7.11 Å². The molecule has 4 saturated carbocycles. The highest BCUT2D eigenvalue weighted by Gasteiger charge is 2.52. The van der Waals surface area contributed by atoms with Crippen molar-refractivity contribution in [2.24, 2.45) is 17.8 Å². The summed E-state index contributed by atoms with van der Waals surface area (Å²) >= 11 is 0. The number of nitrogens with one attached hydrogen (secondary N) is 1. The van der Waals surface area contributed by atoms with Crippen molar-refractivity contribution in [3.8, 4) is 5.75 Å². The van der Waals surface area contributed by atoms with Crippen LogP contribution in [0.2, 0.25) is 0 Å². The van der Waals surface area contributed by atoms with Gasteiger partial charge in [-0.15, -0.1) is 0 Å².